The van der Waals surface area contributed by atoms with E-state index in [0.717, 1.165) is 0 Å². The second-order valence-corrected chi connectivity index (χ2v) is 3.71. The summed E-state index contributed by atoms with van der Waals surface area (Å²) in [5.74, 6) is -1.87. The van der Waals surface area contributed by atoms with Crippen molar-refractivity contribution in [3.05, 3.63) is 36.1 Å². The number of aliphatic carboxylic acids is 1. The number of aliphatic hydroxyl groups excluding tert-OH is 1. The van der Waals surface area contributed by atoms with Crippen LogP contribution < -0.4 is 5.32 Å². The molecule has 1 aromatic heterocycles. The first kappa shape index (κ1) is 12.1. The van der Waals surface area contributed by atoms with Gasteiger partial charge in [-0.15, -0.1) is 0 Å². The molecule has 2 aromatic rings. The third kappa shape index (κ3) is 2.33. The molecule has 1 heterocycles. The Hall–Kier alpha value is -2.34. The van der Waals surface area contributed by atoms with E-state index in [9.17, 15) is 9.59 Å². The number of rotatable bonds is 4. The lowest BCUT2D eigenvalue weighted by Crippen LogP contribution is -2.36. The maximum absolute atomic E-state index is 11.8. The van der Waals surface area contributed by atoms with Crippen LogP contribution in [0.15, 0.2) is 34.9 Å². The van der Waals surface area contributed by atoms with Crippen LogP contribution in [0.3, 0.4) is 0 Å². The molecule has 0 fully saturated rings. The number of nitrogens with one attached hydrogen (secondary N) is 1. The zero-order chi connectivity index (χ0) is 13.1. The molecule has 0 saturated heterocycles. The predicted octanol–water partition coefficient (Wildman–Crippen LogP) is 0.608. The van der Waals surface area contributed by atoms with Crippen LogP contribution in [0.5, 0.6) is 0 Å². The topological polar surface area (TPSA) is 99.8 Å². The first-order valence-corrected chi connectivity index (χ1v) is 5.25. The molecule has 0 aliphatic heterocycles. The first-order valence-electron chi connectivity index (χ1n) is 5.25. The van der Waals surface area contributed by atoms with E-state index in [1.54, 1.807) is 24.3 Å². The number of amides is 1. The number of fused-ring (bicyclic) bond motifs is 1. The monoisotopic (exact) mass is 249 g/mol. The van der Waals surface area contributed by atoms with Gasteiger partial charge in [-0.3, -0.25) is 4.79 Å². The average Bonchev–Trinajstić information content (AvgIpc) is 2.79. The van der Waals surface area contributed by atoms with Crippen LogP contribution >= 0.6 is 0 Å². The van der Waals surface area contributed by atoms with Gasteiger partial charge >= 0.3 is 5.97 Å². The zero-order valence-corrected chi connectivity index (χ0v) is 9.29. The summed E-state index contributed by atoms with van der Waals surface area (Å²) in [4.78, 5) is 22.2. The Morgan fingerprint density at radius 3 is 2.78 bits per heavy atom. The van der Waals surface area contributed by atoms with Gasteiger partial charge in [-0.25, -0.2) is 4.79 Å². The van der Waals surface area contributed by atoms with Crippen LogP contribution in [0.2, 0.25) is 0 Å². The normalized spacial score (nSPS) is 12.3. The summed E-state index contributed by atoms with van der Waals surface area (Å²) in [5.41, 5.74) is 0.879. The van der Waals surface area contributed by atoms with Crippen LogP contribution in [0, 0.1) is 0 Å². The van der Waals surface area contributed by atoms with E-state index < -0.39 is 18.0 Å². The summed E-state index contributed by atoms with van der Waals surface area (Å²) in [6, 6.07) is 6.99. The summed E-state index contributed by atoms with van der Waals surface area (Å²) in [6.07, 6.45) is -0.320. The minimum atomic E-state index is -1.62. The Morgan fingerprint density at radius 1 is 1.33 bits per heavy atom. The molecule has 3 N–H and O–H groups in total. The van der Waals surface area contributed by atoms with Gasteiger partial charge in [0.25, 0.3) is 5.91 Å². The van der Waals surface area contributed by atoms with Crippen molar-refractivity contribution in [1.29, 1.82) is 0 Å². The van der Waals surface area contributed by atoms with Crippen molar-refractivity contribution in [2.75, 3.05) is 6.54 Å². The fourth-order valence-electron chi connectivity index (χ4n) is 1.53. The Labute approximate surface area is 102 Å². The van der Waals surface area contributed by atoms with E-state index >= 15 is 0 Å². The summed E-state index contributed by atoms with van der Waals surface area (Å²) in [6.45, 7) is -0.353. The molecule has 1 unspecified atom stereocenters. The molecule has 6 nitrogen and oxygen atoms in total. The smallest absolute Gasteiger partial charge is 0.334 e. The quantitative estimate of drug-likeness (QED) is 0.737. The average molecular weight is 249 g/mol. The highest BCUT2D eigenvalue weighted by atomic mass is 16.4. The highest BCUT2D eigenvalue weighted by molar-refractivity contribution is 6.05. The summed E-state index contributed by atoms with van der Waals surface area (Å²) in [5, 5.41) is 20.5. The number of para-hydroxylation sites is 1. The number of aliphatic hydroxyl groups is 1. The highest BCUT2D eigenvalue weighted by Crippen LogP contribution is 2.20. The molecule has 1 aromatic carbocycles. The number of carboxylic acid groups (broad SMARTS) is 1. The fourth-order valence-corrected chi connectivity index (χ4v) is 1.53. The highest BCUT2D eigenvalue weighted by Gasteiger charge is 2.17. The van der Waals surface area contributed by atoms with Crippen LogP contribution in [-0.4, -0.2) is 34.7 Å². The standard InChI is InChI=1S/C12H11NO5/c14-9(12(16)17)5-13-11(15)8-6-18-10-4-2-1-3-7(8)10/h1-4,6,9,14H,5H2,(H,13,15)(H,16,17). The van der Waals surface area contributed by atoms with E-state index in [-0.39, 0.29) is 6.54 Å². The Balaban J connectivity index is 2.12. The number of benzene rings is 1. The van der Waals surface area contributed by atoms with Gasteiger partial charge < -0.3 is 19.9 Å². The summed E-state index contributed by atoms with van der Waals surface area (Å²) < 4.78 is 5.18. The number of furan rings is 1. The molecule has 0 aliphatic carbocycles. The number of carboxylic acids is 1. The minimum Gasteiger partial charge on any atom is -0.479 e. The maximum Gasteiger partial charge on any atom is 0.334 e. The zero-order valence-electron chi connectivity index (χ0n) is 9.29. The van der Waals surface area contributed by atoms with Crippen molar-refractivity contribution in [3.8, 4) is 0 Å². The molecule has 0 saturated carbocycles. The van der Waals surface area contributed by atoms with Crippen molar-refractivity contribution in [1.82, 2.24) is 5.32 Å². The van der Waals surface area contributed by atoms with Crippen molar-refractivity contribution < 1.29 is 24.2 Å². The van der Waals surface area contributed by atoms with Crippen LogP contribution in [0.25, 0.3) is 11.0 Å². The largest absolute Gasteiger partial charge is 0.479 e. The lowest BCUT2D eigenvalue weighted by atomic mass is 10.1. The Kier molecular flexibility index (Phi) is 3.29. The number of hydrogen-bond donors (Lipinski definition) is 3. The predicted molar refractivity (Wildman–Crippen MR) is 62.2 cm³/mol. The molecular weight excluding hydrogens is 238 g/mol. The van der Waals surface area contributed by atoms with Gasteiger partial charge in [-0.2, -0.15) is 0 Å². The van der Waals surface area contributed by atoms with Gasteiger partial charge in [0.05, 0.1) is 12.1 Å². The second kappa shape index (κ2) is 4.89. The molecule has 6 heteroatoms. The Morgan fingerprint density at radius 2 is 2.06 bits per heavy atom. The van der Waals surface area contributed by atoms with Gasteiger partial charge in [0.2, 0.25) is 0 Å². The molecule has 0 radical (unpaired) electrons. The van der Waals surface area contributed by atoms with Gasteiger partial charge in [0, 0.05) is 5.39 Å². The van der Waals surface area contributed by atoms with Crippen molar-refractivity contribution in [2.24, 2.45) is 0 Å². The molecule has 0 spiro atoms. The number of hydrogen-bond acceptors (Lipinski definition) is 4. The fraction of sp³-hybridized carbons (Fsp3) is 0.167. The summed E-state index contributed by atoms with van der Waals surface area (Å²) in [7, 11) is 0. The molecular formula is C12H11NO5. The summed E-state index contributed by atoms with van der Waals surface area (Å²) >= 11 is 0. The van der Waals surface area contributed by atoms with Crippen molar-refractivity contribution in [2.45, 2.75) is 6.10 Å². The molecule has 1 atom stereocenters. The van der Waals surface area contributed by atoms with Crippen LogP contribution in [0.4, 0.5) is 0 Å². The molecule has 1 amide bonds. The Bertz CT molecular complexity index is 589. The van der Waals surface area contributed by atoms with E-state index in [1.807, 2.05) is 0 Å². The van der Waals surface area contributed by atoms with Gasteiger partial charge in [-0.1, -0.05) is 18.2 Å². The maximum atomic E-state index is 11.8. The third-order valence-electron chi connectivity index (χ3n) is 2.47. The molecule has 0 aliphatic rings. The minimum absolute atomic E-state index is 0.309. The van der Waals surface area contributed by atoms with Crippen LogP contribution in [-0.2, 0) is 4.79 Å². The second-order valence-electron chi connectivity index (χ2n) is 3.71. The number of carbonyl (C=O) groups excluding carboxylic acids is 1. The first-order chi connectivity index (χ1) is 8.59. The van der Waals surface area contributed by atoms with E-state index in [4.69, 9.17) is 14.6 Å². The molecule has 18 heavy (non-hydrogen) atoms. The van der Waals surface area contributed by atoms with E-state index in [0.29, 0.717) is 16.5 Å². The van der Waals surface area contributed by atoms with E-state index in [1.165, 1.54) is 6.26 Å². The lowest BCUT2D eigenvalue weighted by Gasteiger charge is -2.06. The van der Waals surface area contributed by atoms with Gasteiger partial charge in [-0.05, 0) is 6.07 Å². The molecule has 0 bridgehead atoms. The third-order valence-corrected chi connectivity index (χ3v) is 2.47. The lowest BCUT2D eigenvalue weighted by molar-refractivity contribution is -0.146. The van der Waals surface area contributed by atoms with Crippen molar-refractivity contribution in [3.63, 3.8) is 0 Å². The SMILES string of the molecule is O=C(NCC(O)C(=O)O)c1coc2ccccc12. The number of carbonyl (C=O) groups is 2. The van der Waals surface area contributed by atoms with Gasteiger partial charge in [0.15, 0.2) is 6.10 Å². The van der Waals surface area contributed by atoms with Crippen LogP contribution in [0.1, 0.15) is 10.4 Å². The molecule has 2 rings (SSSR count). The van der Waals surface area contributed by atoms with E-state index in [2.05, 4.69) is 5.32 Å². The van der Waals surface area contributed by atoms with Gasteiger partial charge in [0.1, 0.15) is 11.8 Å². The van der Waals surface area contributed by atoms with Crippen molar-refractivity contribution >= 4 is 22.8 Å². The molecule has 94 valence electrons.